The molecule has 12 rings (SSSR count). The summed E-state index contributed by atoms with van der Waals surface area (Å²) in [6.07, 6.45) is 0. The number of hydrogen-bond acceptors (Lipinski definition) is 2. The van der Waals surface area contributed by atoms with Crippen molar-refractivity contribution in [2.45, 2.75) is 19.3 Å². The first-order valence-corrected chi connectivity index (χ1v) is 19.6. The molecule has 11 aromatic rings. The zero-order valence-electron chi connectivity index (χ0n) is 31.8. The van der Waals surface area contributed by atoms with Gasteiger partial charge in [-0.15, -0.1) is 0 Å². The van der Waals surface area contributed by atoms with Gasteiger partial charge in [0, 0.05) is 43.4 Å². The minimum atomic E-state index is -0.234. The predicted molar refractivity (Wildman–Crippen MR) is 236 cm³/mol. The summed E-state index contributed by atoms with van der Waals surface area (Å²) in [4.78, 5) is 0. The maximum atomic E-state index is 11.1. The lowest BCUT2D eigenvalue weighted by molar-refractivity contribution is 0.661. The van der Waals surface area contributed by atoms with E-state index in [0.717, 1.165) is 65.7 Å². The van der Waals surface area contributed by atoms with Gasteiger partial charge in [0.15, 0.2) is 0 Å². The van der Waals surface area contributed by atoms with Gasteiger partial charge in [0.25, 0.3) is 0 Å². The Morgan fingerprint density at radius 3 is 1.48 bits per heavy atom. The van der Waals surface area contributed by atoms with E-state index in [1.807, 2.05) is 42.5 Å². The SMILES string of the molecule is CC1(C)c2ccccc2-c2cc3c4cc5c6ccccc6n(-c6ccccc6)c5cc4n(-c4cc(C#N)c(-n5c6ccccc6c6ccccc65)cc4C#N)c3cc21. The topological polar surface area (TPSA) is 62.4 Å². The average molecular weight is 740 g/mol. The van der Waals surface area contributed by atoms with Crippen LogP contribution in [-0.4, -0.2) is 13.7 Å². The highest BCUT2D eigenvalue weighted by Gasteiger charge is 2.36. The van der Waals surface area contributed by atoms with Crippen molar-refractivity contribution in [3.05, 3.63) is 186 Å². The van der Waals surface area contributed by atoms with Crippen LogP contribution in [0, 0.1) is 22.7 Å². The van der Waals surface area contributed by atoms with Crippen molar-refractivity contribution in [2.75, 3.05) is 0 Å². The van der Waals surface area contributed by atoms with Crippen molar-refractivity contribution in [2.24, 2.45) is 0 Å². The van der Waals surface area contributed by atoms with Crippen molar-refractivity contribution < 1.29 is 0 Å². The summed E-state index contributed by atoms with van der Waals surface area (Å²) in [6.45, 7) is 4.60. The van der Waals surface area contributed by atoms with Gasteiger partial charge in [-0.2, -0.15) is 10.5 Å². The van der Waals surface area contributed by atoms with Gasteiger partial charge in [0.1, 0.15) is 12.1 Å². The summed E-state index contributed by atoms with van der Waals surface area (Å²) in [6, 6.07) is 62.7. The van der Waals surface area contributed by atoms with Crippen LogP contribution in [-0.2, 0) is 5.41 Å². The molecule has 0 saturated heterocycles. The number of nitriles is 2. The number of para-hydroxylation sites is 4. The van der Waals surface area contributed by atoms with Gasteiger partial charge < -0.3 is 13.7 Å². The van der Waals surface area contributed by atoms with Gasteiger partial charge in [-0.1, -0.05) is 111 Å². The molecule has 270 valence electrons. The third kappa shape index (κ3) is 4.17. The van der Waals surface area contributed by atoms with Gasteiger partial charge in [-0.3, -0.25) is 0 Å². The molecule has 3 heterocycles. The number of benzene rings is 8. The number of rotatable bonds is 3. The van der Waals surface area contributed by atoms with Crippen molar-refractivity contribution in [3.63, 3.8) is 0 Å². The van der Waals surface area contributed by atoms with Crippen LogP contribution in [0.15, 0.2) is 164 Å². The monoisotopic (exact) mass is 739 g/mol. The maximum Gasteiger partial charge on any atom is 0.101 e. The Bertz CT molecular complexity index is 3620. The van der Waals surface area contributed by atoms with E-state index in [9.17, 15) is 10.5 Å². The molecule has 1 aliphatic carbocycles. The lowest BCUT2D eigenvalue weighted by Gasteiger charge is -2.22. The second-order valence-electron chi connectivity index (χ2n) is 16.0. The van der Waals surface area contributed by atoms with E-state index in [0.29, 0.717) is 22.5 Å². The minimum Gasteiger partial charge on any atom is -0.309 e. The summed E-state index contributed by atoms with van der Waals surface area (Å²) < 4.78 is 6.71. The molecular formula is C53H33N5. The highest BCUT2D eigenvalue weighted by molar-refractivity contribution is 6.20. The lowest BCUT2D eigenvalue weighted by atomic mass is 9.82. The van der Waals surface area contributed by atoms with E-state index in [4.69, 9.17) is 0 Å². The van der Waals surface area contributed by atoms with Crippen LogP contribution < -0.4 is 0 Å². The Kier molecular flexibility index (Phi) is 6.47. The molecule has 0 atom stereocenters. The van der Waals surface area contributed by atoms with Gasteiger partial charge in [0.05, 0.1) is 55.6 Å². The van der Waals surface area contributed by atoms with Crippen LogP contribution >= 0.6 is 0 Å². The van der Waals surface area contributed by atoms with E-state index in [1.54, 1.807) is 0 Å². The molecule has 0 saturated carbocycles. The molecule has 0 bridgehead atoms. The summed E-state index contributed by atoms with van der Waals surface area (Å²) in [5, 5.41) is 28.9. The van der Waals surface area contributed by atoms with Gasteiger partial charge in [-0.25, -0.2) is 0 Å². The van der Waals surface area contributed by atoms with Crippen molar-refractivity contribution in [3.8, 4) is 40.3 Å². The molecule has 0 fully saturated rings. The standard InChI is InChI=1S/C53H33N5/c1-53(2)43-20-10-6-16-35(43)39-26-41-42-27-40-38-19-9-11-21-45(38)56(34-14-4-3-5-15-34)51(40)29-52(42)58(50(41)28-44(39)53)49-25-32(30-54)48(24-33(49)31-55)57-46-22-12-7-17-36(46)37-18-8-13-23-47(37)57/h3-29H,1-2H3. The fraction of sp³-hybridized carbons (Fsp3) is 0.0566. The van der Waals surface area contributed by atoms with Gasteiger partial charge in [0.2, 0.25) is 0 Å². The summed E-state index contributed by atoms with van der Waals surface area (Å²) in [7, 11) is 0. The molecule has 0 unspecified atom stereocenters. The van der Waals surface area contributed by atoms with Crippen molar-refractivity contribution in [1.29, 1.82) is 10.5 Å². The van der Waals surface area contributed by atoms with Gasteiger partial charge >= 0.3 is 0 Å². The van der Waals surface area contributed by atoms with Crippen LogP contribution in [0.2, 0.25) is 0 Å². The fourth-order valence-corrected chi connectivity index (χ4v) is 10.1. The second kappa shape index (κ2) is 11.6. The first kappa shape index (κ1) is 32.4. The summed E-state index contributed by atoms with van der Waals surface area (Å²) in [5.41, 5.74) is 14.4. The predicted octanol–water partition coefficient (Wildman–Crippen LogP) is 13.0. The van der Waals surface area contributed by atoms with Crippen LogP contribution in [0.3, 0.4) is 0 Å². The molecule has 0 amide bonds. The largest absolute Gasteiger partial charge is 0.309 e. The summed E-state index contributed by atoms with van der Waals surface area (Å²) in [5.74, 6) is 0. The molecule has 8 aromatic carbocycles. The maximum absolute atomic E-state index is 11.1. The first-order valence-electron chi connectivity index (χ1n) is 19.6. The summed E-state index contributed by atoms with van der Waals surface area (Å²) >= 11 is 0. The van der Waals surface area contributed by atoms with Crippen LogP contribution in [0.5, 0.6) is 0 Å². The van der Waals surface area contributed by atoms with Crippen LogP contribution in [0.4, 0.5) is 0 Å². The smallest absolute Gasteiger partial charge is 0.101 e. The second-order valence-corrected chi connectivity index (χ2v) is 16.0. The Labute approximate surface area is 334 Å². The quantitative estimate of drug-likeness (QED) is 0.181. The molecule has 0 radical (unpaired) electrons. The molecule has 58 heavy (non-hydrogen) atoms. The van der Waals surface area contributed by atoms with Gasteiger partial charge in [-0.05, 0) is 89.0 Å². The molecule has 1 aliphatic rings. The zero-order chi connectivity index (χ0) is 38.9. The zero-order valence-corrected chi connectivity index (χ0v) is 31.8. The minimum absolute atomic E-state index is 0.234. The van der Waals surface area contributed by atoms with Crippen molar-refractivity contribution >= 4 is 65.4 Å². The Morgan fingerprint density at radius 2 is 0.845 bits per heavy atom. The molecule has 3 aromatic heterocycles. The Morgan fingerprint density at radius 1 is 0.379 bits per heavy atom. The molecule has 5 nitrogen and oxygen atoms in total. The number of aromatic nitrogens is 3. The first-order chi connectivity index (χ1) is 28.5. The number of nitrogens with zero attached hydrogens (tertiary/aromatic N) is 5. The van der Waals surface area contributed by atoms with E-state index in [-0.39, 0.29) is 5.41 Å². The highest BCUT2D eigenvalue weighted by Crippen LogP contribution is 2.51. The van der Waals surface area contributed by atoms with Crippen LogP contribution in [0.1, 0.15) is 36.1 Å². The lowest BCUT2D eigenvalue weighted by Crippen LogP contribution is -2.15. The Hall–Kier alpha value is -7.86. The van der Waals surface area contributed by atoms with Crippen LogP contribution in [0.25, 0.3) is 93.6 Å². The molecule has 0 N–H and O–H groups in total. The molecule has 5 heteroatoms. The van der Waals surface area contributed by atoms with E-state index in [2.05, 4.69) is 161 Å². The number of hydrogen-bond donors (Lipinski definition) is 0. The normalized spacial score (nSPS) is 13.1. The third-order valence-corrected chi connectivity index (χ3v) is 12.7. The molecule has 0 spiro atoms. The molecule has 0 aliphatic heterocycles. The fourth-order valence-electron chi connectivity index (χ4n) is 10.1. The van der Waals surface area contributed by atoms with E-state index in [1.165, 1.54) is 27.6 Å². The van der Waals surface area contributed by atoms with Crippen molar-refractivity contribution in [1.82, 2.24) is 13.7 Å². The van der Waals surface area contributed by atoms with E-state index < -0.39 is 0 Å². The Balaban J connectivity index is 1.23. The number of fused-ring (bicyclic) bond motifs is 12. The van der Waals surface area contributed by atoms with E-state index >= 15 is 0 Å². The average Bonchev–Trinajstić information content (AvgIpc) is 3.95. The molecular weight excluding hydrogens is 707 g/mol. The third-order valence-electron chi connectivity index (χ3n) is 12.7. The highest BCUT2D eigenvalue weighted by atomic mass is 15.0.